The van der Waals surface area contributed by atoms with Crippen molar-refractivity contribution in [3.63, 3.8) is 0 Å². The molecule has 34 heavy (non-hydrogen) atoms. The molecule has 2 atom stereocenters. The summed E-state index contributed by atoms with van der Waals surface area (Å²) in [5.41, 5.74) is 1.01. The van der Waals surface area contributed by atoms with Gasteiger partial charge in [-0.1, -0.05) is 17.7 Å². The molecule has 1 saturated heterocycles. The van der Waals surface area contributed by atoms with Gasteiger partial charge in [0, 0.05) is 35.1 Å². The van der Waals surface area contributed by atoms with Crippen LogP contribution >= 0.6 is 11.6 Å². The fourth-order valence-corrected chi connectivity index (χ4v) is 5.75. The summed E-state index contributed by atoms with van der Waals surface area (Å²) in [6.45, 7) is 5.66. The van der Waals surface area contributed by atoms with E-state index in [0.29, 0.717) is 21.6 Å². The van der Waals surface area contributed by atoms with Crippen LogP contribution in [-0.4, -0.2) is 44.0 Å². The first-order valence-corrected chi connectivity index (χ1v) is 12.5. The largest absolute Gasteiger partial charge is 0.457 e. The fourth-order valence-electron chi connectivity index (χ4n) is 3.95. The van der Waals surface area contributed by atoms with Gasteiger partial charge < -0.3 is 13.9 Å². The molecule has 1 aromatic heterocycles. The number of ether oxygens (including phenoxy) is 2. The molecule has 2 aromatic carbocycles. The van der Waals surface area contributed by atoms with Gasteiger partial charge in [0.25, 0.3) is 0 Å². The number of sulfonamides is 1. The van der Waals surface area contributed by atoms with Crippen LogP contribution in [0, 0.1) is 6.92 Å². The number of hydrogen-bond acceptors (Lipinski definition) is 7. The maximum Gasteiger partial charge on any atom is 0.338 e. The number of carbonyl (C=O) groups excluding carboxylic acids is 1. The maximum absolute atomic E-state index is 13.1. The molecule has 0 saturated carbocycles. The van der Waals surface area contributed by atoms with Crippen LogP contribution in [0.4, 0.5) is 0 Å². The van der Waals surface area contributed by atoms with Gasteiger partial charge in [0.05, 0.1) is 22.7 Å². The third-order valence-electron chi connectivity index (χ3n) is 5.56. The van der Waals surface area contributed by atoms with E-state index in [0.717, 1.165) is 5.56 Å². The highest BCUT2D eigenvalue weighted by molar-refractivity contribution is 7.89. The Kier molecular flexibility index (Phi) is 6.82. The predicted molar refractivity (Wildman–Crippen MR) is 127 cm³/mol. The summed E-state index contributed by atoms with van der Waals surface area (Å²) in [5, 5.41) is 1.04. The van der Waals surface area contributed by atoms with E-state index in [9.17, 15) is 18.0 Å². The van der Waals surface area contributed by atoms with Gasteiger partial charge in [-0.3, -0.25) is 0 Å². The fraction of sp³-hybridized carbons (Fsp3) is 0.333. The van der Waals surface area contributed by atoms with Crippen molar-refractivity contribution >= 4 is 38.6 Å². The van der Waals surface area contributed by atoms with Gasteiger partial charge >= 0.3 is 11.6 Å². The lowest BCUT2D eigenvalue weighted by atomic mass is 10.1. The lowest BCUT2D eigenvalue weighted by Gasteiger charge is -2.34. The van der Waals surface area contributed by atoms with Crippen molar-refractivity contribution in [3.05, 3.63) is 74.6 Å². The Balaban J connectivity index is 1.56. The smallest absolute Gasteiger partial charge is 0.338 e. The van der Waals surface area contributed by atoms with Gasteiger partial charge in [0.15, 0.2) is 0 Å². The van der Waals surface area contributed by atoms with Crippen molar-refractivity contribution in [2.75, 3.05) is 13.1 Å². The van der Waals surface area contributed by atoms with Crippen LogP contribution in [-0.2, 0) is 26.1 Å². The highest BCUT2D eigenvalue weighted by Gasteiger charge is 2.32. The van der Waals surface area contributed by atoms with E-state index in [1.807, 2.05) is 13.8 Å². The lowest BCUT2D eigenvalue weighted by molar-refractivity contribution is -0.0440. The molecule has 10 heteroatoms. The third kappa shape index (κ3) is 5.02. The summed E-state index contributed by atoms with van der Waals surface area (Å²) in [7, 11) is -3.82. The molecule has 0 bridgehead atoms. The van der Waals surface area contributed by atoms with E-state index in [1.165, 1.54) is 34.6 Å². The summed E-state index contributed by atoms with van der Waals surface area (Å²) in [4.78, 5) is 24.7. The normalized spacial score (nSPS) is 19.3. The van der Waals surface area contributed by atoms with E-state index >= 15 is 0 Å². The molecule has 0 N–H and O–H groups in total. The molecular weight excluding hydrogens is 482 g/mol. The summed E-state index contributed by atoms with van der Waals surface area (Å²) < 4.78 is 43.9. The van der Waals surface area contributed by atoms with Crippen molar-refractivity contribution < 1.29 is 27.1 Å². The van der Waals surface area contributed by atoms with Gasteiger partial charge in [-0.2, -0.15) is 4.31 Å². The van der Waals surface area contributed by atoms with Crippen LogP contribution in [0.15, 0.2) is 56.6 Å². The third-order valence-corrected chi connectivity index (χ3v) is 7.80. The van der Waals surface area contributed by atoms with E-state index in [1.54, 1.807) is 19.1 Å². The first kappa shape index (κ1) is 24.4. The van der Waals surface area contributed by atoms with Gasteiger partial charge in [-0.15, -0.1) is 0 Å². The monoisotopic (exact) mass is 505 g/mol. The van der Waals surface area contributed by atoms with E-state index in [2.05, 4.69) is 0 Å². The number of rotatable bonds is 5. The lowest BCUT2D eigenvalue weighted by Crippen LogP contribution is -2.48. The van der Waals surface area contributed by atoms with Crippen LogP contribution in [0.5, 0.6) is 0 Å². The number of aryl methyl sites for hydroxylation is 1. The van der Waals surface area contributed by atoms with Crippen molar-refractivity contribution in [1.29, 1.82) is 0 Å². The van der Waals surface area contributed by atoms with Crippen LogP contribution in [0.1, 0.15) is 35.3 Å². The molecule has 0 unspecified atom stereocenters. The number of benzene rings is 2. The van der Waals surface area contributed by atoms with Crippen molar-refractivity contribution in [2.45, 2.75) is 44.5 Å². The zero-order chi connectivity index (χ0) is 24.6. The molecule has 0 aliphatic carbocycles. The number of halogens is 1. The molecule has 4 rings (SSSR count). The quantitative estimate of drug-likeness (QED) is 0.382. The molecule has 0 radical (unpaired) electrons. The first-order valence-electron chi connectivity index (χ1n) is 10.7. The molecule has 1 aliphatic rings. The first-order chi connectivity index (χ1) is 16.0. The maximum atomic E-state index is 13.1. The average Bonchev–Trinajstić information content (AvgIpc) is 2.78. The standard InChI is InChI=1S/C24H24ClNO7S/c1-14-7-22-20(10-21(14)25)18(9-23(27)33-22)13-31-24(28)17-5-4-6-19(8-17)34(29,30)26-11-15(2)32-16(3)12-26/h4-10,15-16H,11-13H2,1-3H3/t15-,16-/m0/s1. The SMILES string of the molecule is Cc1cc2oc(=O)cc(COC(=O)c3cccc(S(=O)(=O)N4C[C@H](C)O[C@@H](C)C4)c3)c2cc1Cl. The number of carbonyl (C=O) groups is 1. The second-order valence-corrected chi connectivity index (χ2v) is 10.7. The minimum atomic E-state index is -3.82. The summed E-state index contributed by atoms with van der Waals surface area (Å²) in [6, 6.07) is 10.2. The topological polar surface area (TPSA) is 103 Å². The van der Waals surface area contributed by atoms with Gasteiger partial charge in [0.1, 0.15) is 12.2 Å². The van der Waals surface area contributed by atoms with E-state index < -0.39 is 21.6 Å². The van der Waals surface area contributed by atoms with Gasteiger partial charge in [-0.05, 0) is 56.7 Å². The minimum Gasteiger partial charge on any atom is -0.457 e. The number of hydrogen-bond donors (Lipinski definition) is 0. The molecular formula is C24H24ClNO7S. The van der Waals surface area contributed by atoms with Crippen LogP contribution in [0.25, 0.3) is 11.0 Å². The summed E-state index contributed by atoms with van der Waals surface area (Å²) in [5.74, 6) is -0.722. The molecule has 2 heterocycles. The summed E-state index contributed by atoms with van der Waals surface area (Å²) in [6.07, 6.45) is -0.468. The molecule has 0 amide bonds. The number of nitrogens with zero attached hydrogens (tertiary/aromatic N) is 1. The van der Waals surface area contributed by atoms with Crippen LogP contribution in [0.3, 0.4) is 0 Å². The van der Waals surface area contributed by atoms with Crippen molar-refractivity contribution in [3.8, 4) is 0 Å². The van der Waals surface area contributed by atoms with Crippen LogP contribution < -0.4 is 5.63 Å². The average molecular weight is 506 g/mol. The Morgan fingerprint density at radius 1 is 1.15 bits per heavy atom. The highest BCUT2D eigenvalue weighted by Crippen LogP contribution is 2.26. The Morgan fingerprint density at radius 2 is 1.85 bits per heavy atom. The minimum absolute atomic E-state index is 0.00341. The predicted octanol–water partition coefficient (Wildman–Crippen LogP) is 3.91. The van der Waals surface area contributed by atoms with Gasteiger partial charge in [-0.25, -0.2) is 18.0 Å². The molecule has 8 nitrogen and oxygen atoms in total. The second kappa shape index (κ2) is 9.50. The van der Waals surface area contributed by atoms with Crippen molar-refractivity contribution in [2.24, 2.45) is 0 Å². The Bertz CT molecular complexity index is 1410. The second-order valence-electron chi connectivity index (χ2n) is 8.37. The molecule has 0 spiro atoms. The Labute approximate surface area is 202 Å². The Hall–Kier alpha value is -2.72. The van der Waals surface area contributed by atoms with Crippen LogP contribution in [0.2, 0.25) is 5.02 Å². The number of fused-ring (bicyclic) bond motifs is 1. The van der Waals surface area contributed by atoms with Gasteiger partial charge in [0.2, 0.25) is 10.0 Å². The number of esters is 1. The zero-order valence-electron chi connectivity index (χ0n) is 18.9. The van der Waals surface area contributed by atoms with E-state index in [-0.39, 0.29) is 42.4 Å². The molecule has 1 fully saturated rings. The van der Waals surface area contributed by atoms with E-state index in [4.69, 9.17) is 25.5 Å². The zero-order valence-corrected chi connectivity index (χ0v) is 20.5. The molecule has 180 valence electrons. The Morgan fingerprint density at radius 3 is 2.56 bits per heavy atom. The summed E-state index contributed by atoms with van der Waals surface area (Å²) >= 11 is 6.20. The molecule has 1 aliphatic heterocycles. The highest BCUT2D eigenvalue weighted by atomic mass is 35.5. The van der Waals surface area contributed by atoms with Crippen molar-refractivity contribution in [1.82, 2.24) is 4.31 Å². The number of morpholine rings is 1. The molecule has 3 aromatic rings.